The summed E-state index contributed by atoms with van der Waals surface area (Å²) in [6.07, 6.45) is 10.2. The van der Waals surface area contributed by atoms with E-state index in [1.165, 1.54) is 44.0 Å². The quantitative estimate of drug-likeness (QED) is 0.493. The van der Waals surface area contributed by atoms with E-state index < -0.39 is 6.55 Å². The number of hydrogen-bond donors (Lipinski definition) is 0. The first-order valence-corrected chi connectivity index (χ1v) is 9.17. The lowest BCUT2D eigenvalue weighted by Gasteiger charge is -2.10. The van der Waals surface area contributed by atoms with Crippen LogP contribution in [0.2, 0.25) is 0 Å². The third-order valence-electron chi connectivity index (χ3n) is 4.51. The molecule has 0 atom stereocenters. The van der Waals surface area contributed by atoms with E-state index >= 15 is 0 Å². The number of hydrogen-bond acceptors (Lipinski definition) is 7. The molecule has 0 amide bonds. The molecule has 4 aromatic heterocycles. The maximum absolute atomic E-state index is 11.5. The van der Waals surface area contributed by atoms with Crippen molar-refractivity contribution >= 4 is 5.65 Å². The second-order valence-corrected chi connectivity index (χ2v) is 6.50. The second kappa shape index (κ2) is 8.39. The van der Waals surface area contributed by atoms with Gasteiger partial charge in [0.15, 0.2) is 5.65 Å². The molecular weight excluding hydrogens is 396 g/mol. The van der Waals surface area contributed by atoms with E-state index in [1.54, 1.807) is 24.0 Å². The zero-order valence-electron chi connectivity index (χ0n) is 16.3. The lowest BCUT2D eigenvalue weighted by molar-refractivity contribution is 0.0566. The number of imidazole rings is 1. The highest BCUT2D eigenvalue weighted by Crippen LogP contribution is 2.43. The average Bonchev–Trinajstić information content (AvgIpc) is 3.25. The van der Waals surface area contributed by atoms with Crippen LogP contribution in [0, 0.1) is 0 Å². The van der Waals surface area contributed by atoms with Crippen LogP contribution in [-0.4, -0.2) is 48.6 Å². The first kappa shape index (κ1) is 19.7. The van der Waals surface area contributed by atoms with Gasteiger partial charge in [-0.2, -0.15) is 24.0 Å². The molecule has 4 aromatic rings. The van der Waals surface area contributed by atoms with Crippen LogP contribution < -0.4 is 9.47 Å². The highest BCUT2D eigenvalue weighted by atomic mass is 19.3. The Morgan fingerprint density at radius 2 is 1.93 bits per heavy atom. The molecule has 0 N–H and O–H groups in total. The van der Waals surface area contributed by atoms with Crippen LogP contribution in [0.15, 0.2) is 43.1 Å². The molecule has 4 heterocycles. The van der Waals surface area contributed by atoms with Crippen LogP contribution in [0.5, 0.6) is 11.9 Å². The Morgan fingerprint density at radius 1 is 1.10 bits per heavy atom. The molecule has 30 heavy (non-hydrogen) atoms. The minimum Gasteiger partial charge on any atom is -0.480 e. The Kier molecular flexibility index (Phi) is 5.50. The predicted molar refractivity (Wildman–Crippen MR) is 103 cm³/mol. The molecule has 0 aliphatic heterocycles. The molecule has 0 radical (unpaired) electrons. The number of alkyl halides is 2. The molecule has 1 saturated carbocycles. The van der Waals surface area contributed by atoms with Crippen LogP contribution in [0.4, 0.5) is 8.78 Å². The van der Waals surface area contributed by atoms with Crippen LogP contribution in [-0.2, 0) is 0 Å². The minimum absolute atomic E-state index is 0.270. The van der Waals surface area contributed by atoms with Crippen molar-refractivity contribution in [2.24, 2.45) is 0 Å². The largest absolute Gasteiger partial charge is 0.480 e. The Bertz CT molecular complexity index is 1130. The molecule has 0 spiro atoms. The van der Waals surface area contributed by atoms with Crippen LogP contribution in [0.3, 0.4) is 0 Å². The normalized spacial score (nSPS) is 13.2. The highest BCUT2D eigenvalue weighted by molar-refractivity contribution is 5.67. The molecule has 156 valence electrons. The number of fused-ring (bicyclic) bond motifs is 1. The monoisotopic (exact) mass is 415 g/mol. The van der Waals surface area contributed by atoms with Crippen molar-refractivity contribution in [1.82, 2.24) is 34.3 Å². The van der Waals surface area contributed by atoms with Crippen molar-refractivity contribution in [3.8, 4) is 23.1 Å². The van der Waals surface area contributed by atoms with E-state index in [9.17, 15) is 8.78 Å². The third-order valence-corrected chi connectivity index (χ3v) is 4.51. The van der Waals surface area contributed by atoms with Gasteiger partial charge in [-0.15, -0.1) is 0 Å². The van der Waals surface area contributed by atoms with Crippen molar-refractivity contribution in [3.05, 3.63) is 48.7 Å². The number of methoxy groups -OCH3 is 2. The van der Waals surface area contributed by atoms with Gasteiger partial charge in [0.05, 0.1) is 25.5 Å². The molecule has 0 unspecified atom stereocenters. The van der Waals surface area contributed by atoms with Gasteiger partial charge in [-0.25, -0.2) is 19.2 Å². The Labute approximate surface area is 170 Å². The topological polar surface area (TPSA) is 92.3 Å². The number of rotatable bonds is 5. The van der Waals surface area contributed by atoms with Gasteiger partial charge in [0.25, 0.3) is 0 Å². The van der Waals surface area contributed by atoms with Gasteiger partial charge in [-0.1, -0.05) is 0 Å². The van der Waals surface area contributed by atoms with E-state index in [2.05, 4.69) is 31.2 Å². The predicted octanol–water partition coefficient (Wildman–Crippen LogP) is 3.36. The fourth-order valence-corrected chi connectivity index (χ4v) is 2.94. The maximum atomic E-state index is 11.5. The maximum Gasteiger partial charge on any atom is 0.333 e. The van der Waals surface area contributed by atoms with Gasteiger partial charge in [-0.05, 0) is 30.9 Å². The summed E-state index contributed by atoms with van der Waals surface area (Å²) in [6, 6.07) is 3.78. The fraction of sp³-hybridized carbons (Fsp3) is 0.316. The summed E-state index contributed by atoms with van der Waals surface area (Å²) in [6.45, 7) is -2.51. The number of nitrogens with zero attached hydrogens (tertiary/aromatic N) is 7. The first-order valence-electron chi connectivity index (χ1n) is 9.17. The molecule has 0 bridgehead atoms. The summed E-state index contributed by atoms with van der Waals surface area (Å²) >= 11 is 0. The summed E-state index contributed by atoms with van der Waals surface area (Å²) in [5.41, 5.74) is 3.64. The Balaban J connectivity index is 0.000000230. The van der Waals surface area contributed by atoms with Crippen LogP contribution in [0.25, 0.3) is 16.9 Å². The molecule has 11 heteroatoms. The van der Waals surface area contributed by atoms with E-state index in [0.29, 0.717) is 16.5 Å². The summed E-state index contributed by atoms with van der Waals surface area (Å²) in [4.78, 5) is 12.8. The first-order chi connectivity index (χ1) is 14.6. The lowest BCUT2D eigenvalue weighted by Crippen LogP contribution is -2.02. The van der Waals surface area contributed by atoms with E-state index in [0.717, 1.165) is 16.9 Å². The minimum atomic E-state index is -2.51. The molecular formula is C19H19F2N7O2. The highest BCUT2D eigenvalue weighted by Gasteiger charge is 2.28. The van der Waals surface area contributed by atoms with E-state index in [1.807, 2.05) is 6.20 Å². The third kappa shape index (κ3) is 4.04. The zero-order valence-corrected chi connectivity index (χ0v) is 16.3. The average molecular weight is 415 g/mol. The number of ether oxygens (including phenoxy) is 2. The van der Waals surface area contributed by atoms with Crippen LogP contribution in [0.1, 0.15) is 30.9 Å². The van der Waals surface area contributed by atoms with Crippen molar-refractivity contribution in [2.75, 3.05) is 14.2 Å². The van der Waals surface area contributed by atoms with Gasteiger partial charge in [-0.3, -0.25) is 0 Å². The van der Waals surface area contributed by atoms with E-state index in [-0.39, 0.29) is 6.01 Å². The molecule has 5 rings (SSSR count). The van der Waals surface area contributed by atoms with Gasteiger partial charge in [0.1, 0.15) is 0 Å². The molecule has 1 aliphatic rings. The van der Waals surface area contributed by atoms with Gasteiger partial charge < -0.3 is 9.47 Å². The summed E-state index contributed by atoms with van der Waals surface area (Å²) in [7, 11) is 3.10. The zero-order chi connectivity index (χ0) is 21.1. The molecule has 0 saturated heterocycles. The van der Waals surface area contributed by atoms with Gasteiger partial charge >= 0.3 is 12.6 Å². The second-order valence-electron chi connectivity index (χ2n) is 6.50. The molecule has 0 aromatic carbocycles. The number of aromatic nitrogens is 7. The van der Waals surface area contributed by atoms with Crippen LogP contribution >= 0.6 is 0 Å². The summed E-state index contributed by atoms with van der Waals surface area (Å²) in [5, 5.41) is 7.88. The lowest BCUT2D eigenvalue weighted by atomic mass is 10.1. The number of halogens is 2. The van der Waals surface area contributed by atoms with Crippen molar-refractivity contribution in [2.45, 2.75) is 25.3 Å². The smallest absolute Gasteiger partial charge is 0.333 e. The fourth-order valence-electron chi connectivity index (χ4n) is 2.94. The Morgan fingerprint density at radius 3 is 2.53 bits per heavy atom. The van der Waals surface area contributed by atoms with Gasteiger partial charge in [0.2, 0.25) is 5.88 Å². The molecule has 9 nitrogen and oxygen atoms in total. The summed E-state index contributed by atoms with van der Waals surface area (Å²) in [5.74, 6) is 1.01. The van der Waals surface area contributed by atoms with Crippen molar-refractivity contribution < 1.29 is 18.3 Å². The molecule has 1 aliphatic carbocycles. The van der Waals surface area contributed by atoms with E-state index in [4.69, 9.17) is 9.47 Å². The molecule has 1 fully saturated rings. The SMILES string of the molecule is COc1ncc(-c2cc(C3CC3)c3nccn3n2)c(OC)n1.FC(F)n1cccn1. The summed E-state index contributed by atoms with van der Waals surface area (Å²) < 4.78 is 35.8. The van der Waals surface area contributed by atoms with Crippen molar-refractivity contribution in [3.63, 3.8) is 0 Å². The van der Waals surface area contributed by atoms with Crippen molar-refractivity contribution in [1.29, 1.82) is 0 Å². The van der Waals surface area contributed by atoms with Gasteiger partial charge in [0, 0.05) is 36.5 Å². The standard InChI is InChI=1S/C15H15N5O2.C4H4F2N2/c1-21-14-11(8-17-15(18-14)22-2)12-7-10(9-3-4-9)13-16-5-6-20(13)19-12;5-4(6)8-3-1-2-7-8/h5-9H,3-4H2,1-2H3;1-4H. The Hall–Kier alpha value is -3.63.